The average molecular weight is 277 g/mol. The van der Waals surface area contributed by atoms with E-state index in [1.807, 2.05) is 50.5 Å². The monoisotopic (exact) mass is 277 g/mol. The van der Waals surface area contributed by atoms with Gasteiger partial charge in [0.05, 0.1) is 0 Å². The van der Waals surface area contributed by atoms with E-state index in [4.69, 9.17) is 9.47 Å². The Morgan fingerprint density at radius 3 is 2.63 bits per heavy atom. The molecule has 0 aliphatic rings. The van der Waals surface area contributed by atoms with Crippen molar-refractivity contribution >= 4 is 22.0 Å². The van der Waals surface area contributed by atoms with Crippen LogP contribution in [0.5, 0.6) is 5.75 Å². The molecular formula is C15H19NO2S. The lowest BCUT2D eigenvalue weighted by molar-refractivity contribution is -0.0608. The van der Waals surface area contributed by atoms with E-state index in [2.05, 4.69) is 17.0 Å². The fourth-order valence-electron chi connectivity index (χ4n) is 1.84. The third kappa shape index (κ3) is 3.49. The summed E-state index contributed by atoms with van der Waals surface area (Å²) in [4.78, 5) is 2.12. The predicted octanol–water partition coefficient (Wildman–Crippen LogP) is 4.28. The minimum atomic E-state index is -0.234. The van der Waals surface area contributed by atoms with Crippen molar-refractivity contribution in [1.82, 2.24) is 0 Å². The first-order valence-corrected chi connectivity index (χ1v) is 7.25. The molecule has 0 saturated heterocycles. The maximum absolute atomic E-state index is 5.82. The van der Waals surface area contributed by atoms with Crippen LogP contribution in [0.25, 0.3) is 0 Å². The first-order chi connectivity index (χ1) is 9.22. The van der Waals surface area contributed by atoms with Crippen LogP contribution in [-0.4, -0.2) is 19.9 Å². The zero-order valence-corrected chi connectivity index (χ0v) is 12.3. The van der Waals surface area contributed by atoms with Gasteiger partial charge >= 0.3 is 0 Å². The largest absolute Gasteiger partial charge is 0.462 e. The van der Waals surface area contributed by atoms with E-state index in [1.54, 1.807) is 11.3 Å². The number of rotatable bonds is 6. The van der Waals surface area contributed by atoms with Crippen molar-refractivity contribution in [2.45, 2.75) is 20.1 Å². The minimum Gasteiger partial charge on any atom is -0.462 e. The smallest absolute Gasteiger partial charge is 0.197 e. The Morgan fingerprint density at radius 2 is 1.95 bits per heavy atom. The van der Waals surface area contributed by atoms with Crippen LogP contribution in [-0.2, 0) is 4.74 Å². The summed E-state index contributed by atoms with van der Waals surface area (Å²) < 4.78 is 11.2. The molecule has 0 bridgehead atoms. The summed E-state index contributed by atoms with van der Waals surface area (Å²) in [6.45, 7) is 4.52. The molecule has 0 aliphatic heterocycles. The summed E-state index contributed by atoms with van der Waals surface area (Å²) in [5, 5.41) is 3.11. The molecule has 1 unspecified atom stereocenters. The molecular weight excluding hydrogens is 258 g/mol. The molecule has 2 aromatic rings. The Labute approximate surface area is 118 Å². The van der Waals surface area contributed by atoms with Crippen molar-refractivity contribution in [3.05, 3.63) is 41.8 Å². The van der Waals surface area contributed by atoms with Gasteiger partial charge in [-0.25, -0.2) is 0 Å². The van der Waals surface area contributed by atoms with Gasteiger partial charge in [0.2, 0.25) is 0 Å². The van der Waals surface area contributed by atoms with Gasteiger partial charge in [0.15, 0.2) is 12.0 Å². The summed E-state index contributed by atoms with van der Waals surface area (Å²) in [5.74, 6) is 0.859. The summed E-state index contributed by atoms with van der Waals surface area (Å²) in [7, 11) is 2.04. The Kier molecular flexibility index (Phi) is 4.82. The summed E-state index contributed by atoms with van der Waals surface area (Å²) in [6, 6.07) is 12.2. The molecule has 0 N–H and O–H groups in total. The van der Waals surface area contributed by atoms with E-state index in [9.17, 15) is 0 Å². The highest BCUT2D eigenvalue weighted by Crippen LogP contribution is 2.38. The highest BCUT2D eigenvalue weighted by Gasteiger charge is 2.14. The zero-order chi connectivity index (χ0) is 13.7. The third-order valence-electron chi connectivity index (χ3n) is 2.75. The number of ether oxygens (including phenoxy) is 2. The predicted molar refractivity (Wildman–Crippen MR) is 80.5 cm³/mol. The molecule has 0 aliphatic carbocycles. The van der Waals surface area contributed by atoms with Crippen LogP contribution in [0.3, 0.4) is 0 Å². The molecule has 3 nitrogen and oxygen atoms in total. The highest BCUT2D eigenvalue weighted by molar-refractivity contribution is 7.14. The lowest BCUT2D eigenvalue weighted by Gasteiger charge is -2.21. The molecule has 0 spiro atoms. The van der Waals surface area contributed by atoms with Gasteiger partial charge in [-0.2, -0.15) is 0 Å². The van der Waals surface area contributed by atoms with Crippen LogP contribution in [0, 0.1) is 0 Å². The van der Waals surface area contributed by atoms with E-state index in [-0.39, 0.29) is 6.29 Å². The Bertz CT molecular complexity index is 498. The van der Waals surface area contributed by atoms with Gasteiger partial charge in [-0.1, -0.05) is 18.2 Å². The lowest BCUT2D eigenvalue weighted by atomic mass is 10.3. The topological polar surface area (TPSA) is 21.7 Å². The third-order valence-corrected chi connectivity index (χ3v) is 3.72. The molecule has 102 valence electrons. The normalized spacial score (nSPS) is 12.2. The van der Waals surface area contributed by atoms with Crippen molar-refractivity contribution in [3.8, 4) is 5.75 Å². The molecule has 0 saturated carbocycles. The van der Waals surface area contributed by atoms with Gasteiger partial charge < -0.3 is 14.4 Å². The lowest BCUT2D eigenvalue weighted by Crippen LogP contribution is -2.17. The van der Waals surface area contributed by atoms with E-state index in [0.717, 1.165) is 16.4 Å². The Balaban J connectivity index is 2.15. The molecule has 2 rings (SSSR count). The van der Waals surface area contributed by atoms with Crippen LogP contribution in [0.2, 0.25) is 0 Å². The Hall–Kier alpha value is -1.52. The van der Waals surface area contributed by atoms with Gasteiger partial charge in [0.1, 0.15) is 5.00 Å². The fourth-order valence-corrected chi connectivity index (χ4v) is 2.66. The molecule has 1 aromatic heterocycles. The van der Waals surface area contributed by atoms with E-state index < -0.39 is 0 Å². The molecule has 0 amide bonds. The maximum atomic E-state index is 5.82. The van der Waals surface area contributed by atoms with Crippen LogP contribution in [0.15, 0.2) is 41.8 Å². The highest BCUT2D eigenvalue weighted by atomic mass is 32.1. The molecule has 1 aromatic carbocycles. The molecule has 1 atom stereocenters. The number of hydrogen-bond donors (Lipinski definition) is 0. The second-order valence-electron chi connectivity index (χ2n) is 4.13. The first kappa shape index (κ1) is 13.9. The number of benzene rings is 1. The van der Waals surface area contributed by atoms with Gasteiger partial charge in [-0.3, -0.25) is 0 Å². The number of anilines is 2. The van der Waals surface area contributed by atoms with Crippen LogP contribution >= 0.6 is 11.3 Å². The van der Waals surface area contributed by atoms with Crippen molar-refractivity contribution in [3.63, 3.8) is 0 Å². The second-order valence-corrected chi connectivity index (χ2v) is 5.02. The summed E-state index contributed by atoms with van der Waals surface area (Å²) in [6.07, 6.45) is -0.234. The molecule has 0 radical (unpaired) electrons. The van der Waals surface area contributed by atoms with Crippen LogP contribution in [0.4, 0.5) is 10.7 Å². The van der Waals surface area contributed by atoms with Crippen molar-refractivity contribution in [1.29, 1.82) is 0 Å². The maximum Gasteiger partial charge on any atom is 0.197 e. The fraction of sp³-hybridized carbons (Fsp3) is 0.333. The van der Waals surface area contributed by atoms with E-state index in [1.165, 1.54) is 0 Å². The number of para-hydroxylation sites is 1. The van der Waals surface area contributed by atoms with Crippen molar-refractivity contribution < 1.29 is 9.47 Å². The standard InChI is InChI=1S/C15H19NO2S/c1-4-17-12(2)18-14-10-11-19-15(14)16(3)13-8-6-5-7-9-13/h5-12H,4H2,1-3H3. The molecule has 0 fully saturated rings. The quantitative estimate of drug-likeness (QED) is 0.736. The number of nitrogens with zero attached hydrogens (tertiary/aromatic N) is 1. The second kappa shape index (κ2) is 6.59. The van der Waals surface area contributed by atoms with E-state index >= 15 is 0 Å². The Morgan fingerprint density at radius 1 is 1.21 bits per heavy atom. The van der Waals surface area contributed by atoms with Crippen molar-refractivity contribution in [2.75, 3.05) is 18.6 Å². The summed E-state index contributed by atoms with van der Waals surface area (Å²) in [5.41, 5.74) is 1.14. The van der Waals surface area contributed by atoms with Gasteiger partial charge in [-0.05, 0) is 37.4 Å². The number of thiophene rings is 1. The van der Waals surface area contributed by atoms with Crippen molar-refractivity contribution in [2.24, 2.45) is 0 Å². The van der Waals surface area contributed by atoms with E-state index in [0.29, 0.717) is 6.61 Å². The minimum absolute atomic E-state index is 0.234. The number of hydrogen-bond acceptors (Lipinski definition) is 4. The van der Waals surface area contributed by atoms with Gasteiger partial charge in [0.25, 0.3) is 0 Å². The van der Waals surface area contributed by atoms with Crippen LogP contribution in [0.1, 0.15) is 13.8 Å². The average Bonchev–Trinajstić information content (AvgIpc) is 2.87. The first-order valence-electron chi connectivity index (χ1n) is 6.37. The van der Waals surface area contributed by atoms with Gasteiger partial charge in [-0.15, -0.1) is 11.3 Å². The molecule has 19 heavy (non-hydrogen) atoms. The van der Waals surface area contributed by atoms with Crippen LogP contribution < -0.4 is 9.64 Å². The summed E-state index contributed by atoms with van der Waals surface area (Å²) >= 11 is 1.66. The molecule has 1 heterocycles. The SMILES string of the molecule is CCOC(C)Oc1ccsc1N(C)c1ccccc1. The van der Waals surface area contributed by atoms with Gasteiger partial charge in [0, 0.05) is 19.3 Å². The zero-order valence-electron chi connectivity index (χ0n) is 11.5. The molecule has 4 heteroatoms.